The second kappa shape index (κ2) is 5.16. The highest BCUT2D eigenvalue weighted by Crippen LogP contribution is 2.44. The Morgan fingerprint density at radius 3 is 2.65 bits per heavy atom. The number of halogens is 2. The van der Waals surface area contributed by atoms with Crippen molar-refractivity contribution in [3.05, 3.63) is 29.3 Å². The summed E-state index contributed by atoms with van der Waals surface area (Å²) >= 11 is -1.28. The van der Waals surface area contributed by atoms with Crippen LogP contribution in [0.2, 0.25) is 0 Å². The summed E-state index contributed by atoms with van der Waals surface area (Å²) < 4.78 is 47.0. The summed E-state index contributed by atoms with van der Waals surface area (Å²) in [5.74, 6) is -2.74. The zero-order chi connectivity index (χ0) is 15.1. The molecular weight excluding hydrogens is 284 g/mol. The zero-order valence-electron chi connectivity index (χ0n) is 12.0. The fourth-order valence-corrected chi connectivity index (χ4v) is 2.79. The number of rotatable bonds is 3. The molecule has 0 bridgehead atoms. The van der Waals surface area contributed by atoms with Crippen LogP contribution in [-0.2, 0) is 17.3 Å². The molecule has 1 aliphatic rings. The smallest absolute Gasteiger partial charge is 0.310 e. The molecule has 0 saturated heterocycles. The van der Waals surface area contributed by atoms with Crippen molar-refractivity contribution in [3.63, 3.8) is 0 Å². The summed E-state index contributed by atoms with van der Waals surface area (Å²) in [6.07, 6.45) is 0. The van der Waals surface area contributed by atoms with E-state index in [4.69, 9.17) is 4.74 Å². The van der Waals surface area contributed by atoms with E-state index in [1.807, 2.05) is 20.8 Å². The predicted molar refractivity (Wildman–Crippen MR) is 75.3 cm³/mol. The minimum atomic E-state index is -2.95. The van der Waals surface area contributed by atoms with E-state index in [2.05, 4.69) is 4.72 Å². The summed E-state index contributed by atoms with van der Waals surface area (Å²) in [5.41, 5.74) is 0.516. The number of hydrogen-bond acceptors (Lipinski definition) is 3. The third-order valence-corrected chi connectivity index (χ3v) is 4.82. The van der Waals surface area contributed by atoms with Crippen molar-refractivity contribution >= 4 is 11.4 Å². The maximum absolute atomic E-state index is 13.6. The fourth-order valence-electron chi connectivity index (χ4n) is 1.99. The van der Waals surface area contributed by atoms with Crippen molar-refractivity contribution < 1.29 is 18.1 Å². The molecular formula is C14H19F2NO2S. The lowest BCUT2D eigenvalue weighted by Gasteiger charge is -2.27. The molecule has 6 heteroatoms. The summed E-state index contributed by atoms with van der Waals surface area (Å²) in [7, 11) is 0. The van der Waals surface area contributed by atoms with Crippen molar-refractivity contribution in [2.75, 3.05) is 6.61 Å². The largest absolute Gasteiger partial charge is 0.598 e. The molecule has 1 heterocycles. The van der Waals surface area contributed by atoms with E-state index < -0.39 is 28.6 Å². The molecule has 1 aliphatic heterocycles. The average molecular weight is 303 g/mol. The van der Waals surface area contributed by atoms with Gasteiger partial charge in [-0.1, -0.05) is 12.1 Å². The van der Waals surface area contributed by atoms with Gasteiger partial charge in [-0.15, -0.1) is 4.72 Å². The first-order chi connectivity index (χ1) is 9.13. The maximum Gasteiger partial charge on any atom is 0.310 e. The SMILES string of the molecule is C[C@@H](N[S+]([O-])C(C)(C)C)c1cccc2c1OCC2(F)F. The van der Waals surface area contributed by atoms with Crippen LogP contribution in [-0.4, -0.2) is 15.9 Å². The van der Waals surface area contributed by atoms with Crippen molar-refractivity contribution in [3.8, 4) is 5.75 Å². The van der Waals surface area contributed by atoms with Gasteiger partial charge in [-0.2, -0.15) is 8.78 Å². The van der Waals surface area contributed by atoms with Gasteiger partial charge in [-0.25, -0.2) is 0 Å². The Morgan fingerprint density at radius 2 is 2.05 bits per heavy atom. The Balaban J connectivity index is 2.25. The first-order valence-electron chi connectivity index (χ1n) is 6.45. The minimum Gasteiger partial charge on any atom is -0.598 e. The molecule has 0 fully saturated rings. The van der Waals surface area contributed by atoms with Gasteiger partial charge in [-0.3, -0.25) is 0 Å². The molecule has 0 saturated carbocycles. The molecule has 1 unspecified atom stereocenters. The van der Waals surface area contributed by atoms with Crippen LogP contribution in [0.3, 0.4) is 0 Å². The van der Waals surface area contributed by atoms with Gasteiger partial charge in [0.15, 0.2) is 6.61 Å². The Morgan fingerprint density at radius 1 is 1.40 bits per heavy atom. The van der Waals surface area contributed by atoms with Crippen LogP contribution in [0.15, 0.2) is 18.2 Å². The van der Waals surface area contributed by atoms with E-state index in [1.54, 1.807) is 19.1 Å². The summed E-state index contributed by atoms with van der Waals surface area (Å²) in [6.45, 7) is 6.71. The summed E-state index contributed by atoms with van der Waals surface area (Å²) in [5, 5.41) is 0. The molecule has 112 valence electrons. The van der Waals surface area contributed by atoms with Gasteiger partial charge in [0.1, 0.15) is 10.5 Å². The minimum absolute atomic E-state index is 0.0924. The summed E-state index contributed by atoms with van der Waals surface area (Å²) in [4.78, 5) is 0. The van der Waals surface area contributed by atoms with Crippen molar-refractivity contribution in [2.45, 2.75) is 44.4 Å². The van der Waals surface area contributed by atoms with Crippen LogP contribution >= 0.6 is 0 Å². The highest BCUT2D eigenvalue weighted by molar-refractivity contribution is 7.90. The molecule has 0 spiro atoms. The topological polar surface area (TPSA) is 44.3 Å². The van der Waals surface area contributed by atoms with Crippen LogP contribution in [0, 0.1) is 0 Å². The summed E-state index contributed by atoms with van der Waals surface area (Å²) in [6, 6.07) is 4.34. The van der Waals surface area contributed by atoms with Gasteiger partial charge in [0.2, 0.25) is 0 Å². The number of alkyl halides is 2. The molecule has 1 N–H and O–H groups in total. The van der Waals surface area contributed by atoms with E-state index in [-0.39, 0.29) is 17.4 Å². The first kappa shape index (κ1) is 15.5. The molecule has 2 atom stereocenters. The predicted octanol–water partition coefficient (Wildman–Crippen LogP) is 3.28. The number of hydrogen-bond donors (Lipinski definition) is 1. The Bertz CT molecular complexity index is 502. The normalized spacial score (nSPS) is 20.1. The number of ether oxygens (including phenoxy) is 1. The lowest BCUT2D eigenvalue weighted by molar-refractivity contribution is -0.0214. The number of para-hydroxylation sites is 1. The van der Waals surface area contributed by atoms with Crippen molar-refractivity contribution in [2.24, 2.45) is 0 Å². The maximum atomic E-state index is 13.6. The molecule has 0 radical (unpaired) electrons. The standard InChI is InChI=1S/C14H19F2NO2S/c1-9(17-20(18)13(2,3)4)10-6-5-7-11-12(10)19-8-14(11,15)16/h5-7,9,17H,8H2,1-4H3/t9-,20?/m1/s1. The van der Waals surface area contributed by atoms with Gasteiger partial charge in [-0.05, 0) is 33.8 Å². The van der Waals surface area contributed by atoms with E-state index in [0.717, 1.165) is 0 Å². The van der Waals surface area contributed by atoms with E-state index in [1.165, 1.54) is 6.07 Å². The Kier molecular flexibility index (Phi) is 4.01. The van der Waals surface area contributed by atoms with Gasteiger partial charge in [0, 0.05) is 16.9 Å². The Labute approximate surface area is 121 Å². The second-order valence-corrected chi connectivity index (χ2v) is 7.94. The van der Waals surface area contributed by atoms with E-state index >= 15 is 0 Å². The van der Waals surface area contributed by atoms with Crippen LogP contribution in [0.4, 0.5) is 8.78 Å². The van der Waals surface area contributed by atoms with Crippen LogP contribution in [0.25, 0.3) is 0 Å². The van der Waals surface area contributed by atoms with Gasteiger partial charge in [0.05, 0.1) is 11.6 Å². The molecule has 3 nitrogen and oxygen atoms in total. The molecule has 2 rings (SSSR count). The van der Waals surface area contributed by atoms with Gasteiger partial charge in [0.25, 0.3) is 0 Å². The van der Waals surface area contributed by atoms with Crippen LogP contribution in [0.1, 0.15) is 44.9 Å². The lowest BCUT2D eigenvalue weighted by Crippen LogP contribution is -2.40. The van der Waals surface area contributed by atoms with Gasteiger partial charge >= 0.3 is 5.92 Å². The van der Waals surface area contributed by atoms with E-state index in [9.17, 15) is 13.3 Å². The highest BCUT2D eigenvalue weighted by atomic mass is 32.2. The third kappa shape index (κ3) is 2.92. The second-order valence-electron chi connectivity index (χ2n) is 5.94. The number of benzene rings is 1. The molecule has 0 aromatic heterocycles. The average Bonchev–Trinajstić information content (AvgIpc) is 2.64. The zero-order valence-corrected chi connectivity index (χ0v) is 12.8. The van der Waals surface area contributed by atoms with Crippen LogP contribution < -0.4 is 9.46 Å². The molecule has 20 heavy (non-hydrogen) atoms. The lowest BCUT2D eigenvalue weighted by atomic mass is 10.0. The number of fused-ring (bicyclic) bond motifs is 1. The van der Waals surface area contributed by atoms with Gasteiger partial charge < -0.3 is 9.29 Å². The molecule has 1 aromatic carbocycles. The van der Waals surface area contributed by atoms with Crippen molar-refractivity contribution in [1.82, 2.24) is 4.72 Å². The van der Waals surface area contributed by atoms with Crippen LogP contribution in [0.5, 0.6) is 5.75 Å². The third-order valence-electron chi connectivity index (χ3n) is 3.14. The fraction of sp³-hybridized carbons (Fsp3) is 0.571. The Hall–Kier alpha value is -0.850. The van der Waals surface area contributed by atoms with Crippen molar-refractivity contribution in [1.29, 1.82) is 0 Å². The monoisotopic (exact) mass is 303 g/mol. The molecule has 1 aromatic rings. The number of nitrogens with one attached hydrogen (secondary N) is 1. The van der Waals surface area contributed by atoms with E-state index in [0.29, 0.717) is 5.56 Å². The highest BCUT2D eigenvalue weighted by Gasteiger charge is 2.43. The molecule has 0 aliphatic carbocycles. The quantitative estimate of drug-likeness (QED) is 0.872. The molecule has 0 amide bonds. The first-order valence-corrected chi connectivity index (χ1v) is 7.60.